The Labute approximate surface area is 197 Å². The van der Waals surface area contributed by atoms with E-state index in [2.05, 4.69) is 10.3 Å². The lowest BCUT2D eigenvalue weighted by Crippen LogP contribution is -2.47. The second-order valence-corrected chi connectivity index (χ2v) is 11.8. The van der Waals surface area contributed by atoms with E-state index < -0.39 is 11.3 Å². The van der Waals surface area contributed by atoms with Gasteiger partial charge in [0.2, 0.25) is 5.91 Å². The summed E-state index contributed by atoms with van der Waals surface area (Å²) in [6.07, 6.45) is 6.33. The minimum absolute atomic E-state index is 0.0297. The Morgan fingerprint density at radius 2 is 2.15 bits per heavy atom. The monoisotopic (exact) mass is 474 g/mol. The third kappa shape index (κ3) is 3.96. The van der Waals surface area contributed by atoms with Crippen LogP contribution in [0.1, 0.15) is 73.8 Å². The highest BCUT2D eigenvalue weighted by atomic mass is 32.1. The maximum absolute atomic E-state index is 15.4. The van der Waals surface area contributed by atoms with E-state index >= 15 is 8.78 Å². The molecule has 0 saturated heterocycles. The number of thiazole rings is 1. The van der Waals surface area contributed by atoms with E-state index in [0.717, 1.165) is 24.1 Å². The summed E-state index contributed by atoms with van der Waals surface area (Å²) < 4.78 is 30.8. The Hall–Kier alpha value is -2.02. The zero-order valence-electron chi connectivity index (χ0n) is 19.2. The van der Waals surface area contributed by atoms with E-state index in [1.807, 2.05) is 26.0 Å². The second kappa shape index (κ2) is 8.33. The normalized spacial score (nSPS) is 32.0. The molecular weight excluding hydrogens is 442 g/mol. The lowest BCUT2D eigenvalue weighted by molar-refractivity contribution is -0.133. The van der Waals surface area contributed by atoms with Crippen molar-refractivity contribution in [2.24, 2.45) is 23.2 Å². The molecule has 3 aliphatic carbocycles. The van der Waals surface area contributed by atoms with E-state index in [1.165, 1.54) is 22.5 Å². The zero-order chi connectivity index (χ0) is 23.4. The van der Waals surface area contributed by atoms with Crippen LogP contribution in [0, 0.1) is 30.1 Å². The van der Waals surface area contributed by atoms with Crippen molar-refractivity contribution in [1.29, 1.82) is 0 Å². The summed E-state index contributed by atoms with van der Waals surface area (Å²) in [7, 11) is 0. The number of amides is 1. The van der Waals surface area contributed by atoms with Crippen molar-refractivity contribution in [2.45, 2.75) is 77.1 Å². The average molecular weight is 475 g/mol. The molecule has 33 heavy (non-hydrogen) atoms. The number of benzene rings is 1. The van der Waals surface area contributed by atoms with Gasteiger partial charge in [0.25, 0.3) is 5.92 Å². The predicted molar refractivity (Wildman–Crippen MR) is 126 cm³/mol. The van der Waals surface area contributed by atoms with Gasteiger partial charge in [-0.2, -0.15) is 0 Å². The summed E-state index contributed by atoms with van der Waals surface area (Å²) in [6.45, 7) is 3.76. The fourth-order valence-electron chi connectivity index (χ4n) is 7.20. The molecule has 1 heterocycles. The average Bonchev–Trinajstić information content (AvgIpc) is 3.25. The number of halogens is 2. The van der Waals surface area contributed by atoms with Gasteiger partial charge in [-0.05, 0) is 92.4 Å². The molecular formula is C26H32F2N2O2S. The largest absolute Gasteiger partial charge is 0.508 e. The number of nitrogens with zero attached hydrogens (tertiary/aromatic N) is 1. The zero-order valence-corrected chi connectivity index (χ0v) is 20.1. The van der Waals surface area contributed by atoms with E-state index in [9.17, 15) is 9.90 Å². The lowest BCUT2D eigenvalue weighted by Gasteiger charge is -2.51. The lowest BCUT2D eigenvalue weighted by atomic mass is 9.53. The number of fused-ring (bicyclic) bond motifs is 5. The number of nitrogens with one attached hydrogen (secondary N) is 1. The third-order valence-corrected chi connectivity index (χ3v) is 9.50. The molecule has 2 N–H and O–H groups in total. The molecule has 2 fully saturated rings. The molecule has 1 amide bonds. The first-order valence-electron chi connectivity index (χ1n) is 12.1. The number of carbonyl (C=O) groups is 1. The molecule has 0 bridgehead atoms. The standard InChI is InChI=1S/C26H32F2N2O2S/c1-15-14-29-24(33-15)30-22(32)5-3-4-17-13-26(27,28)25(2)11-10-20-19-9-7-18(31)12-16(19)6-8-21(20)23(17)25/h7,9,12,14,17,20-21,23,31H,3-6,8,10-11,13H2,1-2H3,(H,29,30,32)/t17-,20-,21-,23+,25+/m1/s1. The highest BCUT2D eigenvalue weighted by molar-refractivity contribution is 7.15. The second-order valence-electron chi connectivity index (χ2n) is 10.6. The highest BCUT2D eigenvalue weighted by Gasteiger charge is 2.67. The van der Waals surface area contributed by atoms with Crippen molar-refractivity contribution in [3.8, 4) is 5.75 Å². The third-order valence-electron chi connectivity index (χ3n) is 8.67. The SMILES string of the molecule is Cc1cnc(NC(=O)CCC[C@@H]2CC(F)(F)[C@@]3(C)CC[C@@H]4c5ccc(O)cc5CC[C@H]4[C@H]23)s1. The van der Waals surface area contributed by atoms with Gasteiger partial charge in [-0.25, -0.2) is 13.8 Å². The van der Waals surface area contributed by atoms with Crippen LogP contribution in [0.3, 0.4) is 0 Å². The Bertz CT molecular complexity index is 1050. The van der Waals surface area contributed by atoms with Crippen LogP contribution in [-0.4, -0.2) is 21.9 Å². The van der Waals surface area contributed by atoms with Gasteiger partial charge in [-0.15, -0.1) is 11.3 Å². The topological polar surface area (TPSA) is 62.2 Å². The van der Waals surface area contributed by atoms with Crippen LogP contribution in [0.4, 0.5) is 13.9 Å². The summed E-state index contributed by atoms with van der Waals surface area (Å²) in [4.78, 5) is 17.5. The molecule has 0 unspecified atom stereocenters. The van der Waals surface area contributed by atoms with Gasteiger partial charge in [0, 0.05) is 29.3 Å². The molecule has 178 valence electrons. The fourth-order valence-corrected chi connectivity index (χ4v) is 7.89. The number of aryl methyl sites for hydroxylation is 2. The quantitative estimate of drug-likeness (QED) is 0.508. The minimum Gasteiger partial charge on any atom is -0.508 e. The van der Waals surface area contributed by atoms with Gasteiger partial charge < -0.3 is 10.4 Å². The number of phenolic OH excluding ortho intramolecular Hbond substituents is 1. The van der Waals surface area contributed by atoms with Crippen LogP contribution in [-0.2, 0) is 11.2 Å². The predicted octanol–water partition coefficient (Wildman–Crippen LogP) is 6.68. The molecule has 0 aliphatic heterocycles. The Morgan fingerprint density at radius 1 is 1.33 bits per heavy atom. The molecule has 0 radical (unpaired) electrons. The van der Waals surface area contributed by atoms with Gasteiger partial charge in [-0.1, -0.05) is 13.0 Å². The van der Waals surface area contributed by atoms with Crippen LogP contribution >= 0.6 is 11.3 Å². The molecule has 3 aliphatic rings. The van der Waals surface area contributed by atoms with Crippen LogP contribution in [0.25, 0.3) is 0 Å². The number of phenols is 1. The number of carbonyl (C=O) groups excluding carboxylic acids is 1. The van der Waals surface area contributed by atoms with Gasteiger partial charge >= 0.3 is 0 Å². The molecule has 1 aromatic carbocycles. The van der Waals surface area contributed by atoms with Crippen molar-refractivity contribution in [3.63, 3.8) is 0 Å². The van der Waals surface area contributed by atoms with Crippen molar-refractivity contribution in [3.05, 3.63) is 40.4 Å². The summed E-state index contributed by atoms with van der Waals surface area (Å²) >= 11 is 1.44. The number of hydrogen-bond donors (Lipinski definition) is 2. The smallest absolute Gasteiger partial charge is 0.253 e. The molecule has 2 saturated carbocycles. The van der Waals surface area contributed by atoms with E-state index in [4.69, 9.17) is 0 Å². The number of alkyl halides is 2. The molecule has 2 aromatic rings. The van der Waals surface area contributed by atoms with Gasteiger partial charge in [0.15, 0.2) is 5.13 Å². The fraction of sp³-hybridized carbons (Fsp3) is 0.615. The molecule has 7 heteroatoms. The maximum Gasteiger partial charge on any atom is 0.253 e. The van der Waals surface area contributed by atoms with Gasteiger partial charge in [-0.3, -0.25) is 4.79 Å². The molecule has 4 nitrogen and oxygen atoms in total. The van der Waals surface area contributed by atoms with Crippen LogP contribution in [0.15, 0.2) is 24.4 Å². The van der Waals surface area contributed by atoms with Gasteiger partial charge in [0.05, 0.1) is 0 Å². The summed E-state index contributed by atoms with van der Waals surface area (Å²) in [5.41, 5.74) is 1.46. The summed E-state index contributed by atoms with van der Waals surface area (Å²) in [5.74, 6) is -2.03. The van der Waals surface area contributed by atoms with Crippen molar-refractivity contribution in [1.82, 2.24) is 4.98 Å². The van der Waals surface area contributed by atoms with Gasteiger partial charge in [0.1, 0.15) is 5.75 Å². The number of aromatic hydroxyl groups is 1. The number of anilines is 1. The Morgan fingerprint density at radius 3 is 2.91 bits per heavy atom. The Kier molecular flexibility index (Phi) is 5.74. The molecule has 5 rings (SSSR count). The van der Waals surface area contributed by atoms with Crippen LogP contribution in [0.5, 0.6) is 5.75 Å². The van der Waals surface area contributed by atoms with Crippen LogP contribution in [0.2, 0.25) is 0 Å². The first-order chi connectivity index (χ1) is 15.7. The van der Waals surface area contributed by atoms with Crippen molar-refractivity contribution in [2.75, 3.05) is 5.32 Å². The highest BCUT2D eigenvalue weighted by Crippen LogP contribution is 2.68. The summed E-state index contributed by atoms with van der Waals surface area (Å²) in [6, 6.07) is 5.60. The summed E-state index contributed by atoms with van der Waals surface area (Å²) in [5, 5.41) is 13.3. The van der Waals surface area contributed by atoms with Crippen molar-refractivity contribution < 1.29 is 18.7 Å². The van der Waals surface area contributed by atoms with Crippen LogP contribution < -0.4 is 5.32 Å². The number of rotatable bonds is 5. The van der Waals surface area contributed by atoms with Crippen molar-refractivity contribution >= 4 is 22.4 Å². The first kappa shape index (κ1) is 22.8. The number of hydrogen-bond acceptors (Lipinski definition) is 4. The van der Waals surface area contributed by atoms with E-state index in [0.29, 0.717) is 36.7 Å². The molecule has 1 aromatic heterocycles. The first-order valence-corrected chi connectivity index (χ1v) is 12.9. The molecule has 5 atom stereocenters. The number of aromatic nitrogens is 1. The molecule has 0 spiro atoms. The minimum atomic E-state index is -2.66. The van der Waals surface area contributed by atoms with E-state index in [-0.39, 0.29) is 35.8 Å². The Balaban J connectivity index is 1.30. The maximum atomic E-state index is 15.4. The van der Waals surface area contributed by atoms with E-state index in [1.54, 1.807) is 12.3 Å².